The smallest absolute Gasteiger partial charge is 0.350 e. The molecule has 1 aromatic heterocycles. The van der Waals surface area contributed by atoms with Gasteiger partial charge in [-0.05, 0) is 34.6 Å². The molecule has 0 fully saturated rings. The van der Waals surface area contributed by atoms with Gasteiger partial charge in [0, 0.05) is 11.8 Å². The molecule has 0 spiro atoms. The number of nitrogens with one attached hydrogen (secondary N) is 1. The molecule has 10 nitrogen and oxygen atoms in total. The van der Waals surface area contributed by atoms with Crippen LogP contribution in [0.4, 0.5) is 35.9 Å². The van der Waals surface area contributed by atoms with Gasteiger partial charge in [0.15, 0.2) is 0 Å². The number of rotatable bonds is 4. The zero-order chi connectivity index (χ0) is 19.1. The molecule has 0 radical (unpaired) electrons. The average molecular weight is 369 g/mol. The van der Waals surface area contributed by atoms with Crippen molar-refractivity contribution < 1.29 is 27.6 Å². The first-order valence-electron chi connectivity index (χ1n) is 6.71. The van der Waals surface area contributed by atoms with Crippen molar-refractivity contribution in [3.05, 3.63) is 56.1 Å². The van der Waals surface area contributed by atoms with Crippen LogP contribution in [0.2, 0.25) is 0 Å². The normalized spacial score (nSPS) is 11.5. The summed E-state index contributed by atoms with van der Waals surface area (Å²) in [6.07, 6.45) is -4.92. The number of nitro benzene ring substituents is 2. The number of halogens is 3. The lowest BCUT2D eigenvalue weighted by atomic mass is 10.1. The summed E-state index contributed by atoms with van der Waals surface area (Å²) < 4.78 is 42.9. The summed E-state index contributed by atoms with van der Waals surface area (Å²) in [4.78, 5) is 20.2. The standard InChI is InChI=1S/C13H6F3N5O5/c14-13(15,16)7-2-1-6(5-10(7)20(22)23)17-9-4-3-8-11(19-26-18-8)12(9)21(24)25/h1-5,17H. The van der Waals surface area contributed by atoms with Crippen molar-refractivity contribution in [2.75, 3.05) is 5.32 Å². The number of nitrogens with zero attached hydrogens (tertiary/aromatic N) is 4. The lowest BCUT2D eigenvalue weighted by molar-refractivity contribution is -0.388. The number of hydrogen-bond donors (Lipinski definition) is 1. The first-order valence-corrected chi connectivity index (χ1v) is 6.71. The van der Waals surface area contributed by atoms with Crippen molar-refractivity contribution in [2.45, 2.75) is 6.18 Å². The van der Waals surface area contributed by atoms with Gasteiger partial charge in [0.05, 0.1) is 9.85 Å². The fraction of sp³-hybridized carbons (Fsp3) is 0.0769. The molecule has 3 aromatic rings. The number of nitro groups is 2. The van der Waals surface area contributed by atoms with E-state index in [4.69, 9.17) is 0 Å². The summed E-state index contributed by atoms with van der Waals surface area (Å²) >= 11 is 0. The first-order chi connectivity index (χ1) is 12.2. The highest BCUT2D eigenvalue weighted by Gasteiger charge is 2.38. The van der Waals surface area contributed by atoms with Crippen LogP contribution >= 0.6 is 0 Å². The van der Waals surface area contributed by atoms with Crippen LogP contribution in [0, 0.1) is 20.2 Å². The summed E-state index contributed by atoms with van der Waals surface area (Å²) in [6.45, 7) is 0. The number of alkyl halides is 3. The number of benzene rings is 2. The maximum absolute atomic E-state index is 12.8. The van der Waals surface area contributed by atoms with Gasteiger partial charge in [0.1, 0.15) is 16.8 Å². The van der Waals surface area contributed by atoms with Gasteiger partial charge in [0.25, 0.3) is 5.69 Å². The molecular weight excluding hydrogens is 363 g/mol. The fourth-order valence-corrected chi connectivity index (χ4v) is 2.28. The average Bonchev–Trinajstić information content (AvgIpc) is 3.01. The van der Waals surface area contributed by atoms with Gasteiger partial charge in [-0.1, -0.05) is 0 Å². The molecule has 1 N–H and O–H groups in total. The molecule has 3 rings (SSSR count). The highest BCUT2D eigenvalue weighted by Crippen LogP contribution is 2.39. The van der Waals surface area contributed by atoms with Crippen molar-refractivity contribution in [3.63, 3.8) is 0 Å². The summed E-state index contributed by atoms with van der Waals surface area (Å²) in [5, 5.41) is 31.6. The molecule has 26 heavy (non-hydrogen) atoms. The molecule has 2 aromatic carbocycles. The van der Waals surface area contributed by atoms with E-state index in [0.29, 0.717) is 12.1 Å². The molecule has 0 aliphatic heterocycles. The Morgan fingerprint density at radius 2 is 1.77 bits per heavy atom. The van der Waals surface area contributed by atoms with Crippen molar-refractivity contribution >= 4 is 33.8 Å². The minimum atomic E-state index is -4.92. The molecule has 0 aliphatic rings. The van der Waals surface area contributed by atoms with E-state index >= 15 is 0 Å². The molecular formula is C13H6F3N5O5. The van der Waals surface area contributed by atoms with Gasteiger partial charge in [-0.2, -0.15) is 13.2 Å². The molecule has 13 heteroatoms. The van der Waals surface area contributed by atoms with Crippen LogP contribution in [-0.4, -0.2) is 20.2 Å². The third kappa shape index (κ3) is 2.97. The Morgan fingerprint density at radius 3 is 2.38 bits per heavy atom. The Morgan fingerprint density at radius 1 is 1.04 bits per heavy atom. The fourth-order valence-electron chi connectivity index (χ4n) is 2.28. The number of anilines is 2. The highest BCUT2D eigenvalue weighted by atomic mass is 19.4. The van der Waals surface area contributed by atoms with E-state index in [-0.39, 0.29) is 22.4 Å². The van der Waals surface area contributed by atoms with Crippen molar-refractivity contribution in [3.8, 4) is 0 Å². The Bertz CT molecular complexity index is 1030. The Labute approximate surface area is 140 Å². The Kier molecular flexibility index (Phi) is 3.90. The largest absolute Gasteiger partial charge is 0.423 e. The number of hydrogen-bond acceptors (Lipinski definition) is 8. The molecule has 0 saturated carbocycles. The van der Waals surface area contributed by atoms with E-state index in [1.165, 1.54) is 12.1 Å². The molecule has 0 bridgehead atoms. The van der Waals surface area contributed by atoms with E-state index in [1.807, 2.05) is 0 Å². The first kappa shape index (κ1) is 17.1. The van der Waals surface area contributed by atoms with E-state index in [2.05, 4.69) is 20.3 Å². The lowest BCUT2D eigenvalue weighted by Crippen LogP contribution is -2.09. The minimum Gasteiger partial charge on any atom is -0.350 e. The predicted octanol–water partition coefficient (Wildman–Crippen LogP) is 3.80. The Balaban J connectivity index is 2.08. The second-order valence-electron chi connectivity index (χ2n) is 4.96. The topological polar surface area (TPSA) is 137 Å². The van der Waals surface area contributed by atoms with E-state index in [0.717, 1.165) is 6.07 Å². The van der Waals surface area contributed by atoms with Gasteiger partial charge in [0.2, 0.25) is 5.52 Å². The number of aromatic nitrogens is 2. The van der Waals surface area contributed by atoms with Crippen LogP contribution in [-0.2, 0) is 6.18 Å². The molecule has 0 unspecified atom stereocenters. The van der Waals surface area contributed by atoms with E-state index < -0.39 is 33.0 Å². The third-order valence-corrected chi connectivity index (χ3v) is 3.36. The second kappa shape index (κ2) is 5.94. The monoisotopic (exact) mass is 369 g/mol. The summed E-state index contributed by atoms with van der Waals surface area (Å²) in [7, 11) is 0. The van der Waals surface area contributed by atoms with Gasteiger partial charge in [-0.25, -0.2) is 4.63 Å². The maximum atomic E-state index is 12.8. The molecule has 1 heterocycles. The molecule has 0 atom stereocenters. The van der Waals surface area contributed by atoms with Crippen molar-refractivity contribution in [1.29, 1.82) is 0 Å². The van der Waals surface area contributed by atoms with Crippen LogP contribution in [0.1, 0.15) is 5.56 Å². The molecule has 0 amide bonds. The zero-order valence-electron chi connectivity index (χ0n) is 12.4. The molecule has 0 aliphatic carbocycles. The zero-order valence-corrected chi connectivity index (χ0v) is 12.4. The van der Waals surface area contributed by atoms with Crippen LogP contribution in [0.25, 0.3) is 11.0 Å². The third-order valence-electron chi connectivity index (χ3n) is 3.36. The summed E-state index contributed by atoms with van der Waals surface area (Å²) in [5.41, 5.74) is -3.53. The van der Waals surface area contributed by atoms with Gasteiger partial charge in [-0.15, -0.1) is 0 Å². The predicted molar refractivity (Wildman–Crippen MR) is 79.8 cm³/mol. The summed E-state index contributed by atoms with van der Waals surface area (Å²) in [5.74, 6) is 0. The lowest BCUT2D eigenvalue weighted by Gasteiger charge is -2.10. The minimum absolute atomic E-state index is 0.0978. The number of fused-ring (bicyclic) bond motifs is 1. The molecule has 134 valence electrons. The summed E-state index contributed by atoms with van der Waals surface area (Å²) in [6, 6.07) is 4.64. The van der Waals surface area contributed by atoms with E-state index in [1.54, 1.807) is 0 Å². The van der Waals surface area contributed by atoms with Crippen LogP contribution < -0.4 is 5.32 Å². The molecule has 0 saturated heterocycles. The van der Waals surface area contributed by atoms with Crippen molar-refractivity contribution in [1.82, 2.24) is 10.3 Å². The SMILES string of the molecule is O=[N+]([O-])c1cc(Nc2ccc3nonc3c2[N+](=O)[O-])ccc1C(F)(F)F. The maximum Gasteiger partial charge on any atom is 0.423 e. The van der Waals surface area contributed by atoms with Gasteiger partial charge < -0.3 is 5.32 Å². The van der Waals surface area contributed by atoms with Gasteiger partial charge in [-0.3, -0.25) is 20.2 Å². The quantitative estimate of drug-likeness (QED) is 0.541. The van der Waals surface area contributed by atoms with Gasteiger partial charge >= 0.3 is 11.9 Å². The van der Waals surface area contributed by atoms with E-state index in [9.17, 15) is 33.4 Å². The Hall–Kier alpha value is -3.77. The van der Waals surface area contributed by atoms with Crippen LogP contribution in [0.15, 0.2) is 35.0 Å². The van der Waals surface area contributed by atoms with Crippen molar-refractivity contribution in [2.24, 2.45) is 0 Å². The highest BCUT2D eigenvalue weighted by molar-refractivity contribution is 5.92. The van der Waals surface area contributed by atoms with Crippen LogP contribution in [0.3, 0.4) is 0 Å². The second-order valence-corrected chi connectivity index (χ2v) is 4.96. The van der Waals surface area contributed by atoms with Crippen LogP contribution in [0.5, 0.6) is 0 Å².